The number of esters is 1. The fourth-order valence-corrected chi connectivity index (χ4v) is 3.53. The molecule has 0 aromatic heterocycles. The monoisotopic (exact) mass is 447 g/mol. The molecular formula is C22H29N3O5S. The molecule has 0 bridgehead atoms. The smallest absolute Gasteiger partial charge is 0.338 e. The maximum Gasteiger partial charge on any atom is 0.338 e. The summed E-state index contributed by atoms with van der Waals surface area (Å²) < 4.78 is 32.8. The zero-order chi connectivity index (χ0) is 22.9. The molecule has 0 heterocycles. The van der Waals surface area contributed by atoms with E-state index in [0.29, 0.717) is 36.0 Å². The number of carbonyl (C=O) groups excluding carboxylic acids is 2. The lowest BCUT2D eigenvalue weighted by Crippen LogP contribution is -2.31. The highest BCUT2D eigenvalue weighted by Crippen LogP contribution is 2.19. The van der Waals surface area contributed by atoms with E-state index >= 15 is 0 Å². The Morgan fingerprint density at radius 2 is 1.58 bits per heavy atom. The summed E-state index contributed by atoms with van der Waals surface area (Å²) in [7, 11) is -3.83. The van der Waals surface area contributed by atoms with E-state index in [1.165, 1.54) is 48.5 Å². The van der Waals surface area contributed by atoms with Crippen molar-refractivity contribution in [2.45, 2.75) is 38.5 Å². The van der Waals surface area contributed by atoms with E-state index < -0.39 is 16.0 Å². The largest absolute Gasteiger partial charge is 0.462 e. The number of rotatable bonds is 10. The van der Waals surface area contributed by atoms with Gasteiger partial charge in [0.2, 0.25) is 0 Å². The number of hydrogen-bond acceptors (Lipinski definition) is 5. The molecule has 31 heavy (non-hydrogen) atoms. The van der Waals surface area contributed by atoms with Crippen LogP contribution >= 0.6 is 0 Å². The number of amides is 2. The van der Waals surface area contributed by atoms with Crippen molar-refractivity contribution in [3.8, 4) is 0 Å². The van der Waals surface area contributed by atoms with Gasteiger partial charge in [-0.05, 0) is 60.9 Å². The number of carbonyl (C=O) groups is 2. The third kappa shape index (κ3) is 7.93. The van der Waals surface area contributed by atoms with Crippen LogP contribution in [0.15, 0.2) is 53.4 Å². The van der Waals surface area contributed by atoms with E-state index in [1.807, 2.05) is 20.8 Å². The maximum absolute atomic E-state index is 12.6. The average Bonchev–Trinajstić information content (AvgIpc) is 2.73. The molecule has 3 N–H and O–H groups in total. The molecule has 2 aromatic rings. The fourth-order valence-electron chi connectivity index (χ4n) is 2.47. The zero-order valence-corrected chi connectivity index (χ0v) is 18.8. The van der Waals surface area contributed by atoms with Gasteiger partial charge in [-0.3, -0.25) is 4.72 Å². The van der Waals surface area contributed by atoms with Gasteiger partial charge in [-0.1, -0.05) is 27.2 Å². The summed E-state index contributed by atoms with van der Waals surface area (Å²) in [5.41, 5.74) is 1.15. The minimum atomic E-state index is -3.83. The van der Waals surface area contributed by atoms with Gasteiger partial charge < -0.3 is 15.4 Å². The van der Waals surface area contributed by atoms with Crippen molar-refractivity contribution >= 4 is 33.4 Å². The van der Waals surface area contributed by atoms with Crippen molar-refractivity contribution in [1.29, 1.82) is 0 Å². The third-order valence-electron chi connectivity index (χ3n) is 4.20. The fraction of sp³-hybridized carbons (Fsp3) is 0.364. The van der Waals surface area contributed by atoms with Gasteiger partial charge >= 0.3 is 12.0 Å². The summed E-state index contributed by atoms with van der Waals surface area (Å²) in [6, 6.07) is 11.5. The Bertz CT molecular complexity index is 971. The van der Waals surface area contributed by atoms with Gasteiger partial charge in [0.25, 0.3) is 10.0 Å². The first-order valence-corrected chi connectivity index (χ1v) is 11.6. The van der Waals surface area contributed by atoms with Crippen molar-refractivity contribution in [1.82, 2.24) is 5.32 Å². The lowest BCUT2D eigenvalue weighted by molar-refractivity contribution is 0.0499. The molecule has 0 saturated carbocycles. The zero-order valence-electron chi connectivity index (χ0n) is 18.0. The number of nitrogens with one attached hydrogen (secondary N) is 3. The quantitative estimate of drug-likeness (QED) is 0.373. The number of hydrogen-bond donors (Lipinski definition) is 3. The second-order valence-corrected chi connectivity index (χ2v) is 9.11. The molecule has 8 nitrogen and oxygen atoms in total. The van der Waals surface area contributed by atoms with Gasteiger partial charge in [0.1, 0.15) is 0 Å². The third-order valence-corrected chi connectivity index (χ3v) is 5.59. The highest BCUT2D eigenvalue weighted by Gasteiger charge is 2.15. The number of benzene rings is 2. The predicted molar refractivity (Wildman–Crippen MR) is 121 cm³/mol. The Morgan fingerprint density at radius 3 is 2.16 bits per heavy atom. The Hall–Kier alpha value is -3.07. The summed E-state index contributed by atoms with van der Waals surface area (Å²) >= 11 is 0. The Balaban J connectivity index is 1.97. The molecule has 0 fully saturated rings. The van der Waals surface area contributed by atoms with Crippen LogP contribution in [0, 0.1) is 5.92 Å². The van der Waals surface area contributed by atoms with Gasteiger partial charge in [-0.2, -0.15) is 0 Å². The molecule has 0 aliphatic rings. The number of unbranched alkanes of at least 4 members (excludes halogenated alkanes) is 1. The van der Waals surface area contributed by atoms with Crippen LogP contribution in [0.5, 0.6) is 0 Å². The van der Waals surface area contributed by atoms with Gasteiger partial charge in [0.15, 0.2) is 0 Å². The SMILES string of the molecule is CCCCOC(=O)c1ccc(NS(=O)(=O)c2ccc(NC(=O)NCC(C)C)cc2)cc1. The number of urea groups is 1. The van der Waals surface area contributed by atoms with Crippen molar-refractivity contribution in [2.75, 3.05) is 23.2 Å². The van der Waals surface area contributed by atoms with Crippen LogP contribution in [-0.2, 0) is 14.8 Å². The minimum absolute atomic E-state index is 0.0451. The van der Waals surface area contributed by atoms with Gasteiger partial charge in [-0.25, -0.2) is 18.0 Å². The lowest BCUT2D eigenvalue weighted by Gasteiger charge is -2.11. The van der Waals surface area contributed by atoms with E-state index in [-0.39, 0.29) is 10.9 Å². The molecule has 0 aliphatic carbocycles. The van der Waals surface area contributed by atoms with Crippen LogP contribution in [0.1, 0.15) is 44.0 Å². The Morgan fingerprint density at radius 1 is 0.968 bits per heavy atom. The standard InChI is InChI=1S/C22H29N3O5S/c1-4-5-14-30-21(26)17-6-8-19(9-7-17)25-31(28,29)20-12-10-18(11-13-20)24-22(27)23-15-16(2)3/h6-13,16,25H,4-5,14-15H2,1-3H3,(H2,23,24,27). The van der Waals surface area contributed by atoms with E-state index in [2.05, 4.69) is 15.4 Å². The van der Waals surface area contributed by atoms with Crippen LogP contribution in [0.3, 0.4) is 0 Å². The van der Waals surface area contributed by atoms with E-state index in [0.717, 1.165) is 12.8 Å². The summed E-state index contributed by atoms with van der Waals surface area (Å²) in [6.07, 6.45) is 1.72. The van der Waals surface area contributed by atoms with Gasteiger partial charge in [-0.15, -0.1) is 0 Å². The molecule has 2 aromatic carbocycles. The Kier molecular flexibility index (Phi) is 8.87. The molecular weight excluding hydrogens is 418 g/mol. The van der Waals surface area contributed by atoms with Crippen LogP contribution in [-0.4, -0.2) is 33.6 Å². The summed E-state index contributed by atoms with van der Waals surface area (Å²) in [4.78, 5) is 23.8. The van der Waals surface area contributed by atoms with Gasteiger partial charge in [0.05, 0.1) is 17.1 Å². The van der Waals surface area contributed by atoms with E-state index in [1.54, 1.807) is 0 Å². The highest BCUT2D eigenvalue weighted by molar-refractivity contribution is 7.92. The predicted octanol–water partition coefficient (Wildman–Crippen LogP) is 4.22. The van der Waals surface area contributed by atoms with Crippen molar-refractivity contribution in [2.24, 2.45) is 5.92 Å². The second-order valence-electron chi connectivity index (χ2n) is 7.43. The van der Waals surface area contributed by atoms with Crippen molar-refractivity contribution in [3.63, 3.8) is 0 Å². The first kappa shape index (κ1) is 24.2. The van der Waals surface area contributed by atoms with E-state index in [4.69, 9.17) is 4.74 Å². The number of anilines is 2. The molecule has 0 atom stereocenters. The molecule has 0 radical (unpaired) electrons. The molecule has 2 amide bonds. The van der Waals surface area contributed by atoms with Crippen LogP contribution in [0.4, 0.5) is 16.2 Å². The lowest BCUT2D eigenvalue weighted by atomic mass is 10.2. The van der Waals surface area contributed by atoms with Crippen molar-refractivity contribution < 1.29 is 22.7 Å². The number of sulfonamides is 1. The summed E-state index contributed by atoms with van der Waals surface area (Å²) in [5, 5.41) is 5.37. The maximum atomic E-state index is 12.6. The summed E-state index contributed by atoms with van der Waals surface area (Å²) in [5.74, 6) is -0.117. The molecule has 168 valence electrons. The number of ether oxygens (including phenoxy) is 1. The Labute approximate surface area is 183 Å². The van der Waals surface area contributed by atoms with Crippen molar-refractivity contribution in [3.05, 3.63) is 54.1 Å². The first-order chi connectivity index (χ1) is 14.7. The topological polar surface area (TPSA) is 114 Å². The van der Waals surface area contributed by atoms with E-state index in [9.17, 15) is 18.0 Å². The van der Waals surface area contributed by atoms with Crippen LogP contribution in [0.25, 0.3) is 0 Å². The minimum Gasteiger partial charge on any atom is -0.462 e. The molecule has 9 heteroatoms. The molecule has 0 spiro atoms. The van der Waals surface area contributed by atoms with Crippen LogP contribution in [0.2, 0.25) is 0 Å². The highest BCUT2D eigenvalue weighted by atomic mass is 32.2. The van der Waals surface area contributed by atoms with Crippen LogP contribution < -0.4 is 15.4 Å². The normalized spacial score (nSPS) is 11.1. The molecule has 0 saturated heterocycles. The van der Waals surface area contributed by atoms with Gasteiger partial charge in [0, 0.05) is 17.9 Å². The molecule has 0 unspecified atom stereocenters. The first-order valence-electron chi connectivity index (χ1n) is 10.2. The summed E-state index contributed by atoms with van der Waals surface area (Å²) in [6.45, 7) is 6.87. The second kappa shape index (κ2) is 11.4. The molecule has 0 aliphatic heterocycles. The molecule has 2 rings (SSSR count). The average molecular weight is 448 g/mol.